The lowest BCUT2D eigenvalue weighted by Gasteiger charge is -2.03. The highest BCUT2D eigenvalue weighted by atomic mass is 16.2. The van der Waals surface area contributed by atoms with Gasteiger partial charge >= 0.3 is 0 Å². The molecule has 0 aliphatic heterocycles. The van der Waals surface area contributed by atoms with Crippen LogP contribution in [-0.4, -0.2) is 39.6 Å². The van der Waals surface area contributed by atoms with Gasteiger partial charge in [-0.15, -0.1) is 5.10 Å². The molecule has 3 N–H and O–H groups in total. The van der Waals surface area contributed by atoms with Crippen molar-refractivity contribution in [2.45, 2.75) is 38.6 Å². The highest BCUT2D eigenvalue weighted by Crippen LogP contribution is 2.18. The number of carbonyl (C=O) groups is 2. The van der Waals surface area contributed by atoms with Crippen molar-refractivity contribution in [3.8, 4) is 0 Å². The van der Waals surface area contributed by atoms with Gasteiger partial charge in [-0.3, -0.25) is 14.7 Å². The summed E-state index contributed by atoms with van der Waals surface area (Å²) in [7, 11) is 0. The molecule has 1 aromatic rings. The van der Waals surface area contributed by atoms with Crippen LogP contribution in [0.5, 0.6) is 0 Å². The average Bonchev–Trinajstić information content (AvgIpc) is 3.03. The second kappa shape index (κ2) is 5.61. The van der Waals surface area contributed by atoms with Crippen LogP contribution in [0.3, 0.4) is 0 Å². The zero-order valence-electron chi connectivity index (χ0n) is 10.3. The van der Waals surface area contributed by atoms with E-state index < -0.39 is 5.91 Å². The molecule has 0 bridgehead atoms. The largest absolute Gasteiger partial charge is 0.352 e. The molecule has 0 saturated heterocycles. The van der Waals surface area contributed by atoms with Gasteiger partial charge in [-0.05, 0) is 19.3 Å². The third-order valence-electron chi connectivity index (χ3n) is 2.57. The number of aryl methyl sites for hydroxylation is 1. The van der Waals surface area contributed by atoms with Crippen LogP contribution in [0.25, 0.3) is 0 Å². The molecule has 1 saturated carbocycles. The molecule has 98 valence electrons. The van der Waals surface area contributed by atoms with Crippen molar-refractivity contribution >= 4 is 11.8 Å². The summed E-state index contributed by atoms with van der Waals surface area (Å²) >= 11 is 0. The predicted octanol–water partition coefficient (Wildman–Crippen LogP) is -0.234. The molecule has 2 amide bonds. The highest BCUT2D eigenvalue weighted by molar-refractivity contribution is 5.93. The Morgan fingerprint density at radius 2 is 2.22 bits per heavy atom. The summed E-state index contributed by atoms with van der Waals surface area (Å²) in [5.41, 5.74) is 0. The van der Waals surface area contributed by atoms with Gasteiger partial charge in [-0.2, -0.15) is 0 Å². The fourth-order valence-electron chi connectivity index (χ4n) is 1.49. The molecule has 18 heavy (non-hydrogen) atoms. The summed E-state index contributed by atoms with van der Waals surface area (Å²) in [5, 5.41) is 11.8. The Morgan fingerprint density at radius 3 is 2.89 bits per heavy atom. The van der Waals surface area contributed by atoms with E-state index in [-0.39, 0.29) is 18.3 Å². The van der Waals surface area contributed by atoms with E-state index in [9.17, 15) is 9.59 Å². The summed E-state index contributed by atoms with van der Waals surface area (Å²) in [6.07, 6.45) is 3.74. The van der Waals surface area contributed by atoms with Crippen molar-refractivity contribution in [3.05, 3.63) is 11.6 Å². The van der Waals surface area contributed by atoms with Crippen LogP contribution in [0, 0.1) is 0 Å². The standard InChI is InChI=1S/C11H17N5O2/c1-2-3-8-14-10(16-15-8)11(18)12-6-9(17)13-7-4-5-7/h7H,2-6H2,1H3,(H,12,18)(H,13,17)(H,14,15,16). The van der Waals surface area contributed by atoms with Crippen molar-refractivity contribution in [1.29, 1.82) is 0 Å². The average molecular weight is 251 g/mol. The molecule has 1 heterocycles. The smallest absolute Gasteiger partial charge is 0.291 e. The molecule has 1 aromatic heterocycles. The lowest BCUT2D eigenvalue weighted by molar-refractivity contribution is -0.120. The maximum atomic E-state index is 11.6. The maximum absolute atomic E-state index is 11.6. The molecule has 0 spiro atoms. The van der Waals surface area contributed by atoms with Crippen molar-refractivity contribution < 1.29 is 9.59 Å². The van der Waals surface area contributed by atoms with Crippen LogP contribution in [0.2, 0.25) is 0 Å². The summed E-state index contributed by atoms with van der Waals surface area (Å²) in [5.74, 6) is 0.164. The van der Waals surface area contributed by atoms with E-state index in [1.165, 1.54) is 0 Å². The fourth-order valence-corrected chi connectivity index (χ4v) is 1.49. The summed E-state index contributed by atoms with van der Waals surface area (Å²) in [6, 6.07) is 0.300. The van der Waals surface area contributed by atoms with Crippen LogP contribution in [-0.2, 0) is 11.2 Å². The Kier molecular flexibility index (Phi) is 3.91. The lowest BCUT2D eigenvalue weighted by atomic mass is 10.3. The predicted molar refractivity (Wildman–Crippen MR) is 63.9 cm³/mol. The number of carbonyl (C=O) groups excluding carboxylic acids is 2. The van der Waals surface area contributed by atoms with Gasteiger partial charge in [0.25, 0.3) is 5.91 Å². The molecule has 0 atom stereocenters. The van der Waals surface area contributed by atoms with E-state index in [1.807, 2.05) is 6.92 Å². The van der Waals surface area contributed by atoms with Crippen LogP contribution < -0.4 is 10.6 Å². The highest BCUT2D eigenvalue weighted by Gasteiger charge is 2.23. The minimum Gasteiger partial charge on any atom is -0.352 e. The summed E-state index contributed by atoms with van der Waals surface area (Å²) in [4.78, 5) is 27.0. The Balaban J connectivity index is 1.77. The Morgan fingerprint density at radius 1 is 1.44 bits per heavy atom. The van der Waals surface area contributed by atoms with Gasteiger partial charge in [0.1, 0.15) is 5.82 Å². The van der Waals surface area contributed by atoms with E-state index in [0.29, 0.717) is 11.9 Å². The molecule has 1 aliphatic rings. The third-order valence-corrected chi connectivity index (χ3v) is 2.57. The van der Waals surface area contributed by atoms with Gasteiger partial charge in [0.05, 0.1) is 6.54 Å². The van der Waals surface area contributed by atoms with Crippen LogP contribution in [0.4, 0.5) is 0 Å². The molecule has 1 aliphatic carbocycles. The molecule has 0 radical (unpaired) electrons. The van der Waals surface area contributed by atoms with E-state index in [2.05, 4.69) is 25.8 Å². The van der Waals surface area contributed by atoms with Gasteiger partial charge in [-0.25, -0.2) is 4.98 Å². The lowest BCUT2D eigenvalue weighted by Crippen LogP contribution is -2.38. The van der Waals surface area contributed by atoms with Crippen molar-refractivity contribution in [2.75, 3.05) is 6.54 Å². The normalized spacial score (nSPS) is 14.3. The quantitative estimate of drug-likeness (QED) is 0.650. The second-order valence-corrected chi connectivity index (χ2v) is 4.38. The van der Waals surface area contributed by atoms with E-state index in [1.54, 1.807) is 0 Å². The minimum atomic E-state index is -0.431. The van der Waals surface area contributed by atoms with Gasteiger partial charge in [-0.1, -0.05) is 6.92 Å². The Bertz CT molecular complexity index is 438. The second-order valence-electron chi connectivity index (χ2n) is 4.38. The first-order valence-electron chi connectivity index (χ1n) is 6.18. The molecule has 1 fully saturated rings. The monoisotopic (exact) mass is 251 g/mol. The van der Waals surface area contributed by atoms with Gasteiger partial charge in [0.15, 0.2) is 0 Å². The van der Waals surface area contributed by atoms with Crippen molar-refractivity contribution in [3.63, 3.8) is 0 Å². The van der Waals surface area contributed by atoms with E-state index in [4.69, 9.17) is 0 Å². The summed E-state index contributed by atoms with van der Waals surface area (Å²) in [6.45, 7) is 1.98. The number of H-pyrrole nitrogens is 1. The number of nitrogens with one attached hydrogen (secondary N) is 3. The SMILES string of the molecule is CCCc1nc(C(=O)NCC(=O)NC2CC2)n[nH]1. The Labute approximate surface area is 105 Å². The van der Waals surface area contributed by atoms with Gasteiger partial charge in [0.2, 0.25) is 11.7 Å². The number of aromatic amines is 1. The fraction of sp³-hybridized carbons (Fsp3) is 0.636. The minimum absolute atomic E-state index is 0.0347. The number of aromatic nitrogens is 3. The van der Waals surface area contributed by atoms with Gasteiger partial charge in [0, 0.05) is 12.5 Å². The number of hydrogen-bond donors (Lipinski definition) is 3. The molecule has 0 aromatic carbocycles. The molecular formula is C11H17N5O2. The number of amides is 2. The van der Waals surface area contributed by atoms with Crippen molar-refractivity contribution in [2.24, 2.45) is 0 Å². The zero-order chi connectivity index (χ0) is 13.0. The Hall–Kier alpha value is -1.92. The topological polar surface area (TPSA) is 99.8 Å². The first-order valence-corrected chi connectivity index (χ1v) is 6.18. The number of hydrogen-bond acceptors (Lipinski definition) is 4. The molecule has 7 nitrogen and oxygen atoms in total. The zero-order valence-corrected chi connectivity index (χ0v) is 10.3. The van der Waals surface area contributed by atoms with Crippen LogP contribution in [0.15, 0.2) is 0 Å². The molecule has 2 rings (SSSR count). The van der Waals surface area contributed by atoms with E-state index in [0.717, 1.165) is 25.7 Å². The van der Waals surface area contributed by atoms with Crippen LogP contribution >= 0.6 is 0 Å². The number of rotatable bonds is 6. The first-order chi connectivity index (χ1) is 8.69. The summed E-state index contributed by atoms with van der Waals surface area (Å²) < 4.78 is 0. The molecule has 0 unspecified atom stereocenters. The third kappa shape index (κ3) is 3.54. The molecular weight excluding hydrogens is 234 g/mol. The van der Waals surface area contributed by atoms with Crippen molar-refractivity contribution in [1.82, 2.24) is 25.8 Å². The van der Waals surface area contributed by atoms with Gasteiger partial charge < -0.3 is 10.6 Å². The van der Waals surface area contributed by atoms with E-state index >= 15 is 0 Å². The van der Waals surface area contributed by atoms with Crippen LogP contribution in [0.1, 0.15) is 42.6 Å². The first kappa shape index (κ1) is 12.5. The maximum Gasteiger partial charge on any atom is 0.291 e. The number of nitrogens with zero attached hydrogens (tertiary/aromatic N) is 2. The molecule has 7 heteroatoms.